The summed E-state index contributed by atoms with van der Waals surface area (Å²) in [6, 6.07) is 8.75. The Hall–Kier alpha value is -1.61. The Morgan fingerprint density at radius 2 is 2.12 bits per heavy atom. The zero-order valence-corrected chi connectivity index (χ0v) is 10.1. The molecule has 0 saturated heterocycles. The Morgan fingerprint density at radius 1 is 1.24 bits per heavy atom. The van der Waals surface area contributed by atoms with E-state index in [2.05, 4.69) is 34.7 Å². The third-order valence-corrected chi connectivity index (χ3v) is 3.35. The molecule has 0 aliphatic heterocycles. The van der Waals surface area contributed by atoms with Gasteiger partial charge in [-0.1, -0.05) is 6.07 Å². The number of fused-ring (bicyclic) bond motifs is 1. The van der Waals surface area contributed by atoms with Crippen LogP contribution < -0.4 is 5.32 Å². The first-order chi connectivity index (χ1) is 8.36. The van der Waals surface area contributed by atoms with Gasteiger partial charge in [0.25, 0.3) is 0 Å². The molecule has 0 spiro atoms. The number of aryl methyl sites for hydroxylation is 2. The first-order valence-corrected chi connectivity index (χ1v) is 6.18. The normalized spacial score (nSPS) is 13.9. The number of hydrogen-bond donors (Lipinski definition) is 1. The van der Waals surface area contributed by atoms with E-state index in [4.69, 9.17) is 0 Å². The lowest BCUT2D eigenvalue weighted by Crippen LogP contribution is -2.06. The largest absolute Gasteiger partial charge is 0.314 e. The molecular formula is C14H17N3. The molecule has 88 valence electrons. The SMILES string of the molecule is CNCc1ccn(-c2ccc3c(c2)CCC3)n1. The molecule has 3 heteroatoms. The highest BCUT2D eigenvalue weighted by atomic mass is 15.3. The predicted molar refractivity (Wildman–Crippen MR) is 68.4 cm³/mol. The number of nitrogens with zero attached hydrogens (tertiary/aromatic N) is 2. The monoisotopic (exact) mass is 227 g/mol. The molecule has 3 nitrogen and oxygen atoms in total. The van der Waals surface area contributed by atoms with Gasteiger partial charge in [-0.05, 0) is 55.6 Å². The Morgan fingerprint density at radius 3 is 3.00 bits per heavy atom. The van der Waals surface area contributed by atoms with E-state index in [9.17, 15) is 0 Å². The van der Waals surface area contributed by atoms with Crippen LogP contribution in [-0.2, 0) is 19.4 Å². The molecule has 0 saturated carbocycles. The number of nitrogens with one attached hydrogen (secondary N) is 1. The minimum Gasteiger partial charge on any atom is -0.314 e. The second-order valence-electron chi connectivity index (χ2n) is 4.59. The van der Waals surface area contributed by atoms with Crippen LogP contribution in [0, 0.1) is 0 Å². The minimum atomic E-state index is 0.817. The van der Waals surface area contributed by atoms with Gasteiger partial charge in [-0.25, -0.2) is 4.68 Å². The van der Waals surface area contributed by atoms with Gasteiger partial charge in [0.05, 0.1) is 11.4 Å². The molecule has 0 fully saturated rings. The molecular weight excluding hydrogens is 210 g/mol. The minimum absolute atomic E-state index is 0.817. The lowest BCUT2D eigenvalue weighted by Gasteiger charge is -2.04. The molecule has 0 atom stereocenters. The molecule has 1 aromatic heterocycles. The number of benzene rings is 1. The maximum absolute atomic E-state index is 4.55. The smallest absolute Gasteiger partial charge is 0.0766 e. The summed E-state index contributed by atoms with van der Waals surface area (Å²) in [6.07, 6.45) is 5.78. The maximum Gasteiger partial charge on any atom is 0.0766 e. The molecule has 0 amide bonds. The van der Waals surface area contributed by atoms with Gasteiger partial charge in [0.15, 0.2) is 0 Å². The molecule has 0 radical (unpaired) electrons. The van der Waals surface area contributed by atoms with E-state index >= 15 is 0 Å². The van der Waals surface area contributed by atoms with Crippen molar-refractivity contribution in [2.45, 2.75) is 25.8 Å². The summed E-state index contributed by atoms with van der Waals surface area (Å²) in [5, 5.41) is 7.66. The van der Waals surface area contributed by atoms with Crippen LogP contribution in [0.3, 0.4) is 0 Å². The van der Waals surface area contributed by atoms with Gasteiger partial charge in [0, 0.05) is 12.7 Å². The Kier molecular flexibility index (Phi) is 2.69. The number of rotatable bonds is 3. The third-order valence-electron chi connectivity index (χ3n) is 3.35. The second-order valence-corrected chi connectivity index (χ2v) is 4.59. The Balaban J connectivity index is 1.92. The Bertz CT molecular complexity index is 528. The molecule has 17 heavy (non-hydrogen) atoms. The highest BCUT2D eigenvalue weighted by molar-refractivity contribution is 5.42. The first kappa shape index (κ1) is 10.5. The molecule has 1 aromatic carbocycles. The van der Waals surface area contributed by atoms with E-state index in [-0.39, 0.29) is 0 Å². The van der Waals surface area contributed by atoms with Crippen LogP contribution in [0.2, 0.25) is 0 Å². The van der Waals surface area contributed by atoms with Crippen LogP contribution >= 0.6 is 0 Å². The van der Waals surface area contributed by atoms with Gasteiger partial charge < -0.3 is 5.32 Å². The molecule has 1 aliphatic carbocycles. The van der Waals surface area contributed by atoms with Gasteiger partial charge in [0.1, 0.15) is 0 Å². The van der Waals surface area contributed by atoms with Crippen LogP contribution in [0.25, 0.3) is 5.69 Å². The van der Waals surface area contributed by atoms with Crippen molar-refractivity contribution < 1.29 is 0 Å². The fourth-order valence-corrected chi connectivity index (χ4v) is 2.48. The average molecular weight is 227 g/mol. The van der Waals surface area contributed by atoms with Crippen LogP contribution in [0.1, 0.15) is 23.2 Å². The fraction of sp³-hybridized carbons (Fsp3) is 0.357. The number of hydrogen-bond acceptors (Lipinski definition) is 2. The summed E-state index contributed by atoms with van der Waals surface area (Å²) in [5.41, 5.74) is 5.26. The summed E-state index contributed by atoms with van der Waals surface area (Å²) < 4.78 is 1.96. The molecule has 3 rings (SSSR count). The van der Waals surface area contributed by atoms with Crippen molar-refractivity contribution >= 4 is 0 Å². The predicted octanol–water partition coefficient (Wildman–Crippen LogP) is 2.08. The molecule has 0 bridgehead atoms. The van der Waals surface area contributed by atoms with E-state index in [1.165, 1.54) is 36.1 Å². The molecule has 0 unspecified atom stereocenters. The van der Waals surface area contributed by atoms with Gasteiger partial charge >= 0.3 is 0 Å². The molecule has 1 aliphatic rings. The van der Waals surface area contributed by atoms with E-state index in [0.717, 1.165) is 12.2 Å². The summed E-state index contributed by atoms with van der Waals surface area (Å²) >= 11 is 0. The highest BCUT2D eigenvalue weighted by Gasteiger charge is 2.11. The van der Waals surface area contributed by atoms with Crippen LogP contribution in [-0.4, -0.2) is 16.8 Å². The van der Waals surface area contributed by atoms with Crippen LogP contribution in [0.5, 0.6) is 0 Å². The molecule has 2 aromatic rings. The van der Waals surface area contributed by atoms with E-state index < -0.39 is 0 Å². The maximum atomic E-state index is 4.55. The lowest BCUT2D eigenvalue weighted by atomic mass is 10.1. The van der Waals surface area contributed by atoms with Gasteiger partial charge in [-0.3, -0.25) is 0 Å². The van der Waals surface area contributed by atoms with Crippen molar-refractivity contribution in [1.29, 1.82) is 0 Å². The quantitative estimate of drug-likeness (QED) is 0.870. The van der Waals surface area contributed by atoms with Crippen LogP contribution in [0.4, 0.5) is 0 Å². The fourth-order valence-electron chi connectivity index (χ4n) is 2.48. The van der Waals surface area contributed by atoms with Gasteiger partial charge in [-0.15, -0.1) is 0 Å². The standard InChI is InChI=1S/C14H17N3/c1-15-10-13-7-8-17(16-13)14-6-5-11-3-2-4-12(11)9-14/h5-9,15H,2-4,10H2,1H3. The zero-order chi connectivity index (χ0) is 11.7. The number of aromatic nitrogens is 2. The van der Waals surface area contributed by atoms with Crippen molar-refractivity contribution in [3.05, 3.63) is 47.3 Å². The molecule has 1 heterocycles. The van der Waals surface area contributed by atoms with Crippen molar-refractivity contribution in [2.75, 3.05) is 7.05 Å². The average Bonchev–Trinajstić information content (AvgIpc) is 2.96. The summed E-state index contributed by atoms with van der Waals surface area (Å²) in [5.74, 6) is 0. The van der Waals surface area contributed by atoms with Crippen LogP contribution in [0.15, 0.2) is 30.5 Å². The Labute approximate surface area is 101 Å². The van der Waals surface area contributed by atoms with Crippen molar-refractivity contribution in [1.82, 2.24) is 15.1 Å². The first-order valence-electron chi connectivity index (χ1n) is 6.18. The van der Waals surface area contributed by atoms with Crippen molar-refractivity contribution in [3.8, 4) is 5.69 Å². The lowest BCUT2D eigenvalue weighted by molar-refractivity contribution is 0.756. The van der Waals surface area contributed by atoms with E-state index in [1.54, 1.807) is 0 Å². The van der Waals surface area contributed by atoms with E-state index in [0.29, 0.717) is 0 Å². The molecule has 1 N–H and O–H groups in total. The zero-order valence-electron chi connectivity index (χ0n) is 10.1. The highest BCUT2D eigenvalue weighted by Crippen LogP contribution is 2.24. The van der Waals surface area contributed by atoms with Gasteiger partial charge in [0.2, 0.25) is 0 Å². The summed E-state index contributed by atoms with van der Waals surface area (Å²) in [6.45, 7) is 0.817. The summed E-state index contributed by atoms with van der Waals surface area (Å²) in [4.78, 5) is 0. The van der Waals surface area contributed by atoms with E-state index in [1.807, 2.05) is 17.9 Å². The van der Waals surface area contributed by atoms with Crippen molar-refractivity contribution in [3.63, 3.8) is 0 Å². The summed E-state index contributed by atoms with van der Waals surface area (Å²) in [7, 11) is 1.94. The topological polar surface area (TPSA) is 29.9 Å². The second kappa shape index (κ2) is 4.34. The third kappa shape index (κ3) is 1.98. The van der Waals surface area contributed by atoms with Crippen molar-refractivity contribution in [2.24, 2.45) is 0 Å². The van der Waals surface area contributed by atoms with Gasteiger partial charge in [-0.2, -0.15) is 5.10 Å².